The number of hydrogen-bond acceptors (Lipinski definition) is 5. The van der Waals surface area contributed by atoms with Gasteiger partial charge >= 0.3 is 0 Å². The molecule has 0 aliphatic rings. The van der Waals surface area contributed by atoms with E-state index in [-0.39, 0.29) is 24.6 Å². The number of amides is 1. The Morgan fingerprint density at radius 3 is 2.60 bits per heavy atom. The second kappa shape index (κ2) is 6.19. The third-order valence-corrected chi connectivity index (χ3v) is 2.84. The fourth-order valence-electron chi connectivity index (χ4n) is 0.689. The molecular weight excluding hydrogens is 224 g/mol. The predicted octanol–water partition coefficient (Wildman–Crippen LogP) is -2.21. The van der Waals surface area contributed by atoms with Crippen molar-refractivity contribution in [1.29, 1.82) is 0 Å². The first kappa shape index (κ1) is 13.7. The molecule has 0 saturated heterocycles. The standard InChI is InChI=1S/C6H14N4O4S/c1-8-15(13,14)3-2-9-6(11)4-5(7)10-12/h8,12H,2-4H2,1H3,(H2,7,10)(H,9,11). The normalized spacial score (nSPS) is 12.5. The van der Waals surface area contributed by atoms with Crippen LogP contribution in [0.1, 0.15) is 6.42 Å². The van der Waals surface area contributed by atoms with Crippen LogP contribution in [0.5, 0.6) is 0 Å². The Balaban J connectivity index is 3.84. The van der Waals surface area contributed by atoms with Gasteiger partial charge in [0, 0.05) is 6.54 Å². The minimum atomic E-state index is -3.32. The maximum Gasteiger partial charge on any atom is 0.227 e. The fraction of sp³-hybridized carbons (Fsp3) is 0.667. The molecular formula is C6H14N4O4S. The molecule has 0 atom stereocenters. The van der Waals surface area contributed by atoms with E-state index in [0.29, 0.717) is 0 Å². The van der Waals surface area contributed by atoms with E-state index in [1.807, 2.05) is 0 Å². The minimum absolute atomic E-state index is 0.0271. The Bertz CT molecular complexity index is 337. The van der Waals surface area contributed by atoms with E-state index in [2.05, 4.69) is 15.2 Å². The summed E-state index contributed by atoms with van der Waals surface area (Å²) in [5.74, 6) is -0.952. The lowest BCUT2D eigenvalue weighted by Crippen LogP contribution is -2.34. The molecule has 0 fully saturated rings. The van der Waals surface area contributed by atoms with Crippen LogP contribution in [-0.4, -0.2) is 44.7 Å². The first-order valence-electron chi connectivity index (χ1n) is 4.05. The largest absolute Gasteiger partial charge is 0.409 e. The monoisotopic (exact) mass is 238 g/mol. The Kier molecular flexibility index (Phi) is 5.64. The first-order chi connectivity index (χ1) is 6.91. The number of nitrogens with two attached hydrogens (primary N) is 1. The molecule has 0 unspecified atom stereocenters. The van der Waals surface area contributed by atoms with Gasteiger partial charge in [-0.3, -0.25) is 4.79 Å². The summed E-state index contributed by atoms with van der Waals surface area (Å²) >= 11 is 0. The van der Waals surface area contributed by atoms with E-state index in [4.69, 9.17) is 10.9 Å². The molecule has 0 saturated carbocycles. The zero-order valence-electron chi connectivity index (χ0n) is 8.23. The quantitative estimate of drug-likeness (QED) is 0.180. The van der Waals surface area contributed by atoms with Crippen molar-refractivity contribution in [3.63, 3.8) is 0 Å². The van der Waals surface area contributed by atoms with Gasteiger partial charge in [0.05, 0.1) is 12.2 Å². The highest BCUT2D eigenvalue weighted by atomic mass is 32.2. The maximum absolute atomic E-state index is 11.0. The molecule has 15 heavy (non-hydrogen) atoms. The second-order valence-electron chi connectivity index (χ2n) is 2.64. The smallest absolute Gasteiger partial charge is 0.227 e. The molecule has 0 heterocycles. The lowest BCUT2D eigenvalue weighted by Gasteiger charge is -2.04. The molecule has 0 radical (unpaired) electrons. The molecule has 0 aromatic heterocycles. The van der Waals surface area contributed by atoms with Crippen LogP contribution in [0.2, 0.25) is 0 Å². The van der Waals surface area contributed by atoms with Gasteiger partial charge in [0.25, 0.3) is 0 Å². The van der Waals surface area contributed by atoms with Crippen molar-refractivity contribution in [2.45, 2.75) is 6.42 Å². The van der Waals surface area contributed by atoms with E-state index < -0.39 is 15.9 Å². The van der Waals surface area contributed by atoms with Crippen LogP contribution in [0.15, 0.2) is 5.16 Å². The molecule has 0 aromatic rings. The van der Waals surface area contributed by atoms with Gasteiger partial charge in [0.1, 0.15) is 5.84 Å². The Morgan fingerprint density at radius 2 is 2.13 bits per heavy atom. The predicted molar refractivity (Wildman–Crippen MR) is 53.9 cm³/mol. The molecule has 5 N–H and O–H groups in total. The molecule has 0 bridgehead atoms. The highest BCUT2D eigenvalue weighted by Crippen LogP contribution is 1.82. The van der Waals surface area contributed by atoms with Crippen molar-refractivity contribution in [2.24, 2.45) is 10.9 Å². The van der Waals surface area contributed by atoms with Crippen molar-refractivity contribution >= 4 is 21.8 Å². The van der Waals surface area contributed by atoms with Gasteiger partial charge in [-0.15, -0.1) is 0 Å². The number of nitrogens with one attached hydrogen (secondary N) is 2. The number of carbonyl (C=O) groups excluding carboxylic acids is 1. The van der Waals surface area contributed by atoms with Crippen LogP contribution in [0.25, 0.3) is 0 Å². The Hall–Kier alpha value is -1.35. The number of oxime groups is 1. The maximum atomic E-state index is 11.0. The highest BCUT2D eigenvalue weighted by molar-refractivity contribution is 7.89. The average Bonchev–Trinajstić information content (AvgIpc) is 2.17. The van der Waals surface area contributed by atoms with Crippen molar-refractivity contribution in [1.82, 2.24) is 10.0 Å². The molecule has 1 amide bonds. The third kappa shape index (κ3) is 6.69. The van der Waals surface area contributed by atoms with Crippen molar-refractivity contribution in [2.75, 3.05) is 19.3 Å². The molecule has 9 heteroatoms. The third-order valence-electron chi connectivity index (χ3n) is 1.47. The van der Waals surface area contributed by atoms with E-state index >= 15 is 0 Å². The average molecular weight is 238 g/mol. The topological polar surface area (TPSA) is 134 Å². The van der Waals surface area contributed by atoms with E-state index in [9.17, 15) is 13.2 Å². The van der Waals surface area contributed by atoms with Crippen molar-refractivity contribution in [3.8, 4) is 0 Å². The van der Waals surface area contributed by atoms with Crippen LogP contribution < -0.4 is 15.8 Å². The van der Waals surface area contributed by atoms with Gasteiger partial charge in [0.15, 0.2) is 0 Å². The van der Waals surface area contributed by atoms with Crippen molar-refractivity contribution in [3.05, 3.63) is 0 Å². The Morgan fingerprint density at radius 1 is 1.53 bits per heavy atom. The van der Waals surface area contributed by atoms with Crippen molar-refractivity contribution < 1.29 is 18.4 Å². The molecule has 8 nitrogen and oxygen atoms in total. The lowest BCUT2D eigenvalue weighted by atomic mass is 10.4. The molecule has 0 spiro atoms. The summed E-state index contributed by atoms with van der Waals surface area (Å²) in [4.78, 5) is 11.0. The van der Waals surface area contributed by atoms with Crippen LogP contribution in [0.4, 0.5) is 0 Å². The molecule has 88 valence electrons. The summed E-state index contributed by atoms with van der Waals surface area (Å²) < 4.78 is 23.9. The highest BCUT2D eigenvalue weighted by Gasteiger charge is 2.08. The summed E-state index contributed by atoms with van der Waals surface area (Å²) in [5.41, 5.74) is 5.07. The van der Waals surface area contributed by atoms with Crippen LogP contribution in [0.3, 0.4) is 0 Å². The fourth-order valence-corrected chi connectivity index (χ4v) is 1.26. The van der Waals surface area contributed by atoms with Crippen LogP contribution in [-0.2, 0) is 14.8 Å². The number of sulfonamides is 1. The van der Waals surface area contributed by atoms with Crippen LogP contribution >= 0.6 is 0 Å². The van der Waals surface area contributed by atoms with Crippen LogP contribution in [0, 0.1) is 0 Å². The van der Waals surface area contributed by atoms with Gasteiger partial charge in [-0.05, 0) is 7.05 Å². The zero-order chi connectivity index (χ0) is 11.9. The number of carbonyl (C=O) groups is 1. The number of nitrogens with zero attached hydrogens (tertiary/aromatic N) is 1. The number of rotatable bonds is 6. The van der Waals surface area contributed by atoms with E-state index in [0.717, 1.165) is 0 Å². The zero-order valence-corrected chi connectivity index (χ0v) is 9.04. The second-order valence-corrected chi connectivity index (χ2v) is 4.69. The van der Waals surface area contributed by atoms with Gasteiger partial charge in [-0.1, -0.05) is 5.16 Å². The Labute approximate surface area is 87.6 Å². The summed E-state index contributed by atoms with van der Waals surface area (Å²) in [6, 6.07) is 0. The molecule has 0 aliphatic heterocycles. The summed E-state index contributed by atoms with van der Waals surface area (Å²) in [7, 11) is -2.04. The summed E-state index contributed by atoms with van der Waals surface area (Å²) in [6.07, 6.45) is -0.268. The number of hydrogen-bond donors (Lipinski definition) is 4. The summed E-state index contributed by atoms with van der Waals surface area (Å²) in [6.45, 7) is -0.0271. The SMILES string of the molecule is CNS(=O)(=O)CCNC(=O)CC(N)=NO. The lowest BCUT2D eigenvalue weighted by molar-refractivity contribution is -0.119. The van der Waals surface area contributed by atoms with E-state index in [1.54, 1.807) is 0 Å². The number of amidine groups is 1. The molecule has 0 aromatic carbocycles. The summed E-state index contributed by atoms with van der Waals surface area (Å²) in [5, 5.41) is 13.1. The van der Waals surface area contributed by atoms with Gasteiger partial charge < -0.3 is 16.3 Å². The van der Waals surface area contributed by atoms with Gasteiger partial charge in [0.2, 0.25) is 15.9 Å². The van der Waals surface area contributed by atoms with Gasteiger partial charge in [-0.2, -0.15) is 0 Å². The molecule has 0 rings (SSSR count). The van der Waals surface area contributed by atoms with Gasteiger partial charge in [-0.25, -0.2) is 13.1 Å². The minimum Gasteiger partial charge on any atom is -0.409 e. The van der Waals surface area contributed by atoms with E-state index in [1.165, 1.54) is 7.05 Å². The first-order valence-corrected chi connectivity index (χ1v) is 5.71. The molecule has 0 aliphatic carbocycles.